The molecule has 0 spiro atoms. The van der Waals surface area contributed by atoms with Crippen molar-refractivity contribution in [2.24, 2.45) is 0 Å². The number of carbonyl (C=O) groups is 1. The highest BCUT2D eigenvalue weighted by Crippen LogP contribution is 2.16. The molecule has 6 nitrogen and oxygen atoms in total. The number of hydrogen-bond acceptors (Lipinski definition) is 4. The van der Waals surface area contributed by atoms with E-state index >= 15 is 0 Å². The molecule has 2 aromatic heterocycles. The van der Waals surface area contributed by atoms with Crippen LogP contribution in [0.15, 0.2) is 61.3 Å². The lowest BCUT2D eigenvalue weighted by atomic mass is 10.2. The third-order valence-corrected chi connectivity index (χ3v) is 2.96. The van der Waals surface area contributed by atoms with Crippen LogP contribution >= 0.6 is 0 Å². The second kappa shape index (κ2) is 5.46. The van der Waals surface area contributed by atoms with E-state index in [4.69, 9.17) is 5.73 Å². The predicted molar refractivity (Wildman–Crippen MR) is 80.2 cm³/mol. The number of carbonyl (C=O) groups excluding carboxylic acids is 1. The van der Waals surface area contributed by atoms with E-state index in [1.165, 1.54) is 6.20 Å². The van der Waals surface area contributed by atoms with E-state index in [9.17, 15) is 4.79 Å². The highest BCUT2D eigenvalue weighted by atomic mass is 16.1. The molecule has 3 N–H and O–H groups in total. The van der Waals surface area contributed by atoms with Crippen molar-refractivity contribution >= 4 is 17.3 Å². The van der Waals surface area contributed by atoms with Crippen LogP contribution in [0.25, 0.3) is 5.69 Å². The van der Waals surface area contributed by atoms with Crippen LogP contribution in [0, 0.1) is 0 Å². The summed E-state index contributed by atoms with van der Waals surface area (Å²) in [4.78, 5) is 20.2. The zero-order valence-corrected chi connectivity index (χ0v) is 11.1. The number of nitrogen functional groups attached to an aromatic ring is 1. The van der Waals surface area contributed by atoms with Gasteiger partial charge in [0.25, 0.3) is 5.91 Å². The van der Waals surface area contributed by atoms with Gasteiger partial charge in [-0.25, -0.2) is 9.97 Å². The molecular formula is C15H13N5O. The van der Waals surface area contributed by atoms with Gasteiger partial charge in [-0.05, 0) is 30.3 Å². The van der Waals surface area contributed by atoms with Crippen LogP contribution in [-0.4, -0.2) is 20.4 Å². The molecule has 1 aromatic carbocycles. The molecule has 104 valence electrons. The summed E-state index contributed by atoms with van der Waals surface area (Å²) in [6.45, 7) is 0. The second-order valence-corrected chi connectivity index (χ2v) is 4.42. The molecule has 6 heteroatoms. The van der Waals surface area contributed by atoms with Gasteiger partial charge in [-0.15, -0.1) is 0 Å². The van der Waals surface area contributed by atoms with Gasteiger partial charge in [-0.1, -0.05) is 6.07 Å². The molecule has 0 atom stereocenters. The summed E-state index contributed by atoms with van der Waals surface area (Å²) >= 11 is 0. The van der Waals surface area contributed by atoms with Crippen LogP contribution < -0.4 is 11.1 Å². The lowest BCUT2D eigenvalue weighted by Gasteiger charge is -2.08. The Balaban J connectivity index is 1.84. The summed E-state index contributed by atoms with van der Waals surface area (Å²) in [7, 11) is 0. The van der Waals surface area contributed by atoms with Gasteiger partial charge >= 0.3 is 0 Å². The molecule has 0 aliphatic carbocycles. The third kappa shape index (κ3) is 2.74. The normalized spacial score (nSPS) is 10.3. The molecule has 0 fully saturated rings. The molecule has 3 aromatic rings. The Morgan fingerprint density at radius 2 is 2.10 bits per heavy atom. The van der Waals surface area contributed by atoms with Crippen molar-refractivity contribution in [3.05, 3.63) is 67.0 Å². The number of rotatable bonds is 3. The van der Waals surface area contributed by atoms with Gasteiger partial charge in [0.15, 0.2) is 5.69 Å². The van der Waals surface area contributed by atoms with Crippen molar-refractivity contribution in [2.45, 2.75) is 0 Å². The maximum atomic E-state index is 12.2. The minimum atomic E-state index is -0.337. The number of nitrogens with one attached hydrogen (secondary N) is 1. The van der Waals surface area contributed by atoms with E-state index in [1.807, 2.05) is 29.0 Å². The zero-order chi connectivity index (χ0) is 14.7. The van der Waals surface area contributed by atoms with Gasteiger partial charge in [-0.3, -0.25) is 4.79 Å². The number of pyridine rings is 1. The van der Waals surface area contributed by atoms with Crippen LogP contribution in [0.4, 0.5) is 11.4 Å². The molecular weight excluding hydrogens is 266 g/mol. The van der Waals surface area contributed by atoms with Gasteiger partial charge in [-0.2, -0.15) is 0 Å². The summed E-state index contributed by atoms with van der Waals surface area (Å²) in [5, 5.41) is 2.79. The van der Waals surface area contributed by atoms with Crippen molar-refractivity contribution in [3.8, 4) is 5.69 Å². The van der Waals surface area contributed by atoms with E-state index in [2.05, 4.69) is 15.3 Å². The van der Waals surface area contributed by atoms with Gasteiger partial charge in [0.2, 0.25) is 0 Å². The van der Waals surface area contributed by atoms with Crippen LogP contribution in [-0.2, 0) is 0 Å². The monoisotopic (exact) mass is 279 g/mol. The van der Waals surface area contributed by atoms with E-state index in [0.717, 1.165) is 5.69 Å². The van der Waals surface area contributed by atoms with E-state index < -0.39 is 0 Å². The largest absolute Gasteiger partial charge is 0.397 e. The van der Waals surface area contributed by atoms with E-state index in [0.29, 0.717) is 11.4 Å². The van der Waals surface area contributed by atoms with Crippen molar-refractivity contribution < 1.29 is 4.79 Å². The first-order valence-electron chi connectivity index (χ1n) is 6.34. The number of aromatic nitrogens is 3. The first-order valence-corrected chi connectivity index (χ1v) is 6.34. The maximum absolute atomic E-state index is 12.2. The first kappa shape index (κ1) is 12.9. The second-order valence-electron chi connectivity index (χ2n) is 4.42. The Morgan fingerprint density at radius 3 is 2.86 bits per heavy atom. The fourth-order valence-corrected chi connectivity index (χ4v) is 1.95. The third-order valence-electron chi connectivity index (χ3n) is 2.96. The molecule has 0 radical (unpaired) electrons. The fourth-order valence-electron chi connectivity index (χ4n) is 1.95. The fraction of sp³-hybridized carbons (Fsp3) is 0. The average Bonchev–Trinajstić information content (AvgIpc) is 3.02. The van der Waals surface area contributed by atoms with Crippen LogP contribution in [0.2, 0.25) is 0 Å². The van der Waals surface area contributed by atoms with Gasteiger partial charge in [0, 0.05) is 30.0 Å². The van der Waals surface area contributed by atoms with E-state index in [1.54, 1.807) is 30.7 Å². The summed E-state index contributed by atoms with van der Waals surface area (Å²) in [6, 6.07) is 10.8. The van der Waals surface area contributed by atoms with Gasteiger partial charge in [0.05, 0.1) is 12.0 Å². The zero-order valence-electron chi connectivity index (χ0n) is 11.1. The van der Waals surface area contributed by atoms with Crippen LogP contribution in [0.5, 0.6) is 0 Å². The quantitative estimate of drug-likeness (QED) is 0.768. The van der Waals surface area contributed by atoms with Crippen molar-refractivity contribution in [2.75, 3.05) is 11.1 Å². The summed E-state index contributed by atoms with van der Waals surface area (Å²) in [6.07, 6.45) is 6.75. The summed E-state index contributed by atoms with van der Waals surface area (Å²) in [5.74, 6) is -0.337. The number of benzene rings is 1. The number of imidazole rings is 1. The molecule has 0 saturated heterocycles. The molecule has 1 amide bonds. The standard InChI is InChI=1S/C15H13N5O/c16-13-5-2-6-18-14(13)15(21)19-11-3-1-4-12(9-11)20-8-7-17-10-20/h1-10H,16H2,(H,19,21). The Labute approximate surface area is 121 Å². The minimum absolute atomic E-state index is 0.213. The number of anilines is 2. The first-order chi connectivity index (χ1) is 10.2. The summed E-state index contributed by atoms with van der Waals surface area (Å²) < 4.78 is 1.85. The molecule has 2 heterocycles. The number of nitrogens with zero attached hydrogens (tertiary/aromatic N) is 3. The maximum Gasteiger partial charge on any atom is 0.276 e. The minimum Gasteiger partial charge on any atom is -0.397 e. The molecule has 0 aliphatic heterocycles. The smallest absolute Gasteiger partial charge is 0.276 e. The number of hydrogen-bond donors (Lipinski definition) is 2. The Bertz CT molecular complexity index is 767. The molecule has 0 aliphatic rings. The molecule has 0 saturated carbocycles. The molecule has 0 bridgehead atoms. The summed E-state index contributed by atoms with van der Waals surface area (Å²) in [5.41, 5.74) is 7.87. The molecule has 0 unspecified atom stereocenters. The van der Waals surface area contributed by atoms with Crippen LogP contribution in [0.1, 0.15) is 10.5 Å². The highest BCUT2D eigenvalue weighted by Gasteiger charge is 2.11. The Morgan fingerprint density at radius 1 is 1.19 bits per heavy atom. The van der Waals surface area contributed by atoms with Crippen molar-refractivity contribution in [1.29, 1.82) is 0 Å². The highest BCUT2D eigenvalue weighted by molar-refractivity contribution is 6.06. The van der Waals surface area contributed by atoms with Crippen molar-refractivity contribution in [1.82, 2.24) is 14.5 Å². The average molecular weight is 279 g/mol. The van der Waals surface area contributed by atoms with Gasteiger partial charge in [0.1, 0.15) is 0 Å². The predicted octanol–water partition coefficient (Wildman–Crippen LogP) is 2.10. The molecule has 21 heavy (non-hydrogen) atoms. The van der Waals surface area contributed by atoms with Crippen molar-refractivity contribution in [3.63, 3.8) is 0 Å². The Hall–Kier alpha value is -3.15. The topological polar surface area (TPSA) is 85.8 Å². The number of nitrogens with two attached hydrogens (primary N) is 1. The lowest BCUT2D eigenvalue weighted by molar-refractivity contribution is 0.102. The van der Waals surface area contributed by atoms with Crippen LogP contribution in [0.3, 0.4) is 0 Å². The Kier molecular flexibility index (Phi) is 3.34. The number of amides is 1. The van der Waals surface area contributed by atoms with E-state index in [-0.39, 0.29) is 11.6 Å². The SMILES string of the molecule is Nc1cccnc1C(=O)Nc1cccc(-n2ccnc2)c1. The van der Waals surface area contributed by atoms with Gasteiger partial charge < -0.3 is 15.6 Å². The lowest BCUT2D eigenvalue weighted by Crippen LogP contribution is -2.15. The molecule has 3 rings (SSSR count).